The largest absolute Gasteiger partial charge is 0.334 e. The average Bonchev–Trinajstić information content (AvgIpc) is 2.93. The van der Waals surface area contributed by atoms with Crippen LogP contribution in [-0.2, 0) is 0 Å². The first-order valence-corrected chi connectivity index (χ1v) is 7.43. The first-order chi connectivity index (χ1) is 9.00. The molecule has 1 atom stereocenters. The molecule has 0 aliphatic rings. The van der Waals surface area contributed by atoms with E-state index >= 15 is 0 Å². The smallest absolute Gasteiger partial charge is 0.254 e. The van der Waals surface area contributed by atoms with Crippen molar-refractivity contribution >= 4 is 33.2 Å². The van der Waals surface area contributed by atoms with E-state index in [1.54, 1.807) is 35.4 Å². The second-order valence-corrected chi connectivity index (χ2v) is 6.07. The summed E-state index contributed by atoms with van der Waals surface area (Å²) in [7, 11) is 1.73. The van der Waals surface area contributed by atoms with Gasteiger partial charge in [-0.1, -0.05) is 6.07 Å². The Hall–Kier alpha value is -1.20. The zero-order chi connectivity index (χ0) is 14.0. The van der Waals surface area contributed by atoms with E-state index in [0.29, 0.717) is 10.0 Å². The van der Waals surface area contributed by atoms with Gasteiger partial charge in [0.05, 0.1) is 10.5 Å². The predicted molar refractivity (Wildman–Crippen MR) is 78.9 cm³/mol. The minimum atomic E-state index is -0.428. The van der Waals surface area contributed by atoms with E-state index < -0.39 is 5.82 Å². The van der Waals surface area contributed by atoms with Gasteiger partial charge in [-0.05, 0) is 52.5 Å². The zero-order valence-electron chi connectivity index (χ0n) is 10.6. The first-order valence-electron chi connectivity index (χ1n) is 5.76. The molecule has 1 heterocycles. The number of nitrogens with zero attached hydrogens (tertiary/aromatic N) is 1. The number of thiophene rings is 1. The maximum atomic E-state index is 13.5. The zero-order valence-corrected chi connectivity index (χ0v) is 13.0. The van der Waals surface area contributed by atoms with E-state index in [9.17, 15) is 9.18 Å². The van der Waals surface area contributed by atoms with E-state index in [1.165, 1.54) is 6.07 Å². The number of hydrogen-bond donors (Lipinski definition) is 0. The van der Waals surface area contributed by atoms with E-state index in [1.807, 2.05) is 24.4 Å². The molecule has 0 spiro atoms. The lowest BCUT2D eigenvalue weighted by atomic mass is 10.1. The third kappa shape index (κ3) is 3.04. The third-order valence-electron chi connectivity index (χ3n) is 3.02. The molecule has 0 radical (unpaired) electrons. The third-order valence-corrected chi connectivity index (χ3v) is 4.71. The van der Waals surface area contributed by atoms with Crippen LogP contribution < -0.4 is 0 Å². The number of benzene rings is 1. The second kappa shape index (κ2) is 5.84. The molecular formula is C14H13BrFNOS. The molecule has 0 saturated heterocycles. The minimum absolute atomic E-state index is 0.0285. The molecule has 100 valence electrons. The number of carbonyl (C=O) groups is 1. The van der Waals surface area contributed by atoms with Crippen LogP contribution in [0, 0.1) is 5.82 Å². The molecule has 5 heteroatoms. The lowest BCUT2D eigenvalue weighted by Gasteiger charge is -2.24. The Morgan fingerprint density at radius 2 is 2.16 bits per heavy atom. The van der Waals surface area contributed by atoms with Crippen LogP contribution in [0.15, 0.2) is 40.2 Å². The van der Waals surface area contributed by atoms with Crippen molar-refractivity contribution < 1.29 is 9.18 Å². The van der Waals surface area contributed by atoms with Gasteiger partial charge >= 0.3 is 0 Å². The van der Waals surface area contributed by atoms with Gasteiger partial charge in [0.2, 0.25) is 0 Å². The highest BCUT2D eigenvalue weighted by molar-refractivity contribution is 9.10. The van der Waals surface area contributed by atoms with Crippen LogP contribution in [0.2, 0.25) is 0 Å². The van der Waals surface area contributed by atoms with Crippen LogP contribution in [0.1, 0.15) is 28.2 Å². The Morgan fingerprint density at radius 1 is 1.42 bits per heavy atom. The lowest BCUT2D eigenvalue weighted by Crippen LogP contribution is -2.29. The molecule has 1 unspecified atom stereocenters. The van der Waals surface area contributed by atoms with Crippen LogP contribution in [0.3, 0.4) is 0 Å². The Bertz CT molecular complexity index is 585. The van der Waals surface area contributed by atoms with Crippen molar-refractivity contribution in [3.8, 4) is 0 Å². The summed E-state index contributed by atoms with van der Waals surface area (Å²) in [5.74, 6) is -0.615. The van der Waals surface area contributed by atoms with Gasteiger partial charge in [-0.25, -0.2) is 4.39 Å². The fourth-order valence-corrected chi connectivity index (χ4v) is 2.80. The molecule has 0 aliphatic heterocycles. The maximum absolute atomic E-state index is 13.5. The highest BCUT2D eigenvalue weighted by Gasteiger charge is 2.20. The van der Waals surface area contributed by atoms with Crippen molar-refractivity contribution in [2.24, 2.45) is 0 Å². The molecule has 2 aromatic rings. The van der Waals surface area contributed by atoms with Gasteiger partial charge < -0.3 is 4.90 Å². The topological polar surface area (TPSA) is 20.3 Å². The lowest BCUT2D eigenvalue weighted by molar-refractivity contribution is 0.0744. The summed E-state index contributed by atoms with van der Waals surface area (Å²) in [4.78, 5) is 15.0. The number of rotatable bonds is 3. The number of amides is 1. The number of halogens is 2. The molecule has 0 saturated carbocycles. The van der Waals surface area contributed by atoms with Crippen molar-refractivity contribution in [3.05, 3.63) is 56.4 Å². The highest BCUT2D eigenvalue weighted by Crippen LogP contribution is 2.25. The van der Waals surface area contributed by atoms with Gasteiger partial charge in [-0.2, -0.15) is 0 Å². The highest BCUT2D eigenvalue weighted by atomic mass is 79.9. The summed E-state index contributed by atoms with van der Waals surface area (Å²) in [6.07, 6.45) is 0. The Kier molecular flexibility index (Phi) is 4.37. The Labute approximate surface area is 124 Å². The molecule has 0 aliphatic carbocycles. The van der Waals surface area contributed by atoms with E-state index in [-0.39, 0.29) is 11.9 Å². The summed E-state index contributed by atoms with van der Waals surface area (Å²) >= 11 is 4.68. The standard InChI is InChI=1S/C14H13BrFNOS/c1-9(13-4-3-7-19-13)17(2)14(18)10-5-6-11(15)12(16)8-10/h3-9H,1-2H3. The van der Waals surface area contributed by atoms with Crippen molar-refractivity contribution in [2.75, 3.05) is 7.05 Å². The van der Waals surface area contributed by atoms with Crippen LogP contribution in [0.25, 0.3) is 0 Å². The first kappa shape index (κ1) is 14.2. The number of hydrogen-bond acceptors (Lipinski definition) is 2. The molecule has 1 amide bonds. The molecule has 1 aromatic carbocycles. The van der Waals surface area contributed by atoms with Crippen molar-refractivity contribution in [2.45, 2.75) is 13.0 Å². The molecule has 0 bridgehead atoms. The van der Waals surface area contributed by atoms with E-state index in [4.69, 9.17) is 0 Å². The summed E-state index contributed by atoms with van der Waals surface area (Å²) in [6.45, 7) is 1.96. The van der Waals surface area contributed by atoms with Gasteiger partial charge in [-0.15, -0.1) is 11.3 Å². The van der Waals surface area contributed by atoms with Crippen molar-refractivity contribution in [1.82, 2.24) is 4.90 Å². The predicted octanol–water partition coefficient (Wildman–Crippen LogP) is 4.48. The van der Waals surface area contributed by atoms with Gasteiger partial charge in [0.15, 0.2) is 0 Å². The van der Waals surface area contributed by atoms with Gasteiger partial charge in [0.25, 0.3) is 5.91 Å². The molecule has 0 fully saturated rings. The quantitative estimate of drug-likeness (QED) is 0.805. The summed E-state index contributed by atoms with van der Waals surface area (Å²) < 4.78 is 13.8. The Morgan fingerprint density at radius 3 is 2.74 bits per heavy atom. The molecule has 2 rings (SSSR count). The molecule has 2 nitrogen and oxygen atoms in total. The van der Waals surface area contributed by atoms with Crippen LogP contribution in [-0.4, -0.2) is 17.9 Å². The SMILES string of the molecule is CC(c1cccs1)N(C)C(=O)c1ccc(Br)c(F)c1. The minimum Gasteiger partial charge on any atom is -0.334 e. The maximum Gasteiger partial charge on any atom is 0.254 e. The Balaban J connectivity index is 2.21. The summed E-state index contributed by atoms with van der Waals surface area (Å²) in [6, 6.07) is 8.33. The van der Waals surface area contributed by atoms with Crippen molar-refractivity contribution in [3.63, 3.8) is 0 Å². The van der Waals surface area contributed by atoms with E-state index in [0.717, 1.165) is 4.88 Å². The normalized spacial score (nSPS) is 12.2. The van der Waals surface area contributed by atoms with Crippen LogP contribution >= 0.6 is 27.3 Å². The van der Waals surface area contributed by atoms with Crippen molar-refractivity contribution in [1.29, 1.82) is 0 Å². The van der Waals surface area contributed by atoms with E-state index in [2.05, 4.69) is 15.9 Å². The molecule has 0 N–H and O–H groups in total. The number of carbonyl (C=O) groups excluding carboxylic acids is 1. The monoisotopic (exact) mass is 341 g/mol. The molecule has 1 aromatic heterocycles. The van der Waals surface area contributed by atoms with Gasteiger partial charge in [0.1, 0.15) is 5.82 Å². The van der Waals surface area contributed by atoms with Gasteiger partial charge in [0, 0.05) is 17.5 Å². The van der Waals surface area contributed by atoms with Crippen LogP contribution in [0.4, 0.5) is 4.39 Å². The molecular weight excluding hydrogens is 329 g/mol. The summed E-state index contributed by atoms with van der Waals surface area (Å²) in [5.41, 5.74) is 0.353. The second-order valence-electron chi connectivity index (χ2n) is 4.24. The van der Waals surface area contributed by atoms with Gasteiger partial charge in [-0.3, -0.25) is 4.79 Å². The summed E-state index contributed by atoms with van der Waals surface area (Å²) in [5, 5.41) is 1.98. The fourth-order valence-electron chi connectivity index (χ4n) is 1.73. The van der Waals surface area contributed by atoms with Crippen LogP contribution in [0.5, 0.6) is 0 Å². The molecule has 19 heavy (non-hydrogen) atoms. The average molecular weight is 342 g/mol. The fraction of sp³-hybridized carbons (Fsp3) is 0.214.